The number of ether oxygens (including phenoxy) is 1. The number of nitrogens with zero attached hydrogens (tertiary/aromatic N) is 3. The van der Waals surface area contributed by atoms with Crippen LogP contribution < -0.4 is 15.1 Å². The van der Waals surface area contributed by atoms with Gasteiger partial charge in [0.05, 0.1) is 21.8 Å². The highest BCUT2D eigenvalue weighted by molar-refractivity contribution is 7.90. The first-order valence-electron chi connectivity index (χ1n) is 12.6. The Bertz CT molecular complexity index is 1200. The Hall–Kier alpha value is -2.88. The van der Waals surface area contributed by atoms with E-state index in [1.54, 1.807) is 13.2 Å². The van der Waals surface area contributed by atoms with Crippen LogP contribution in [0.3, 0.4) is 0 Å². The van der Waals surface area contributed by atoms with Crippen LogP contribution in [0.4, 0.5) is 11.4 Å². The SMILES string of the molecule is COCCCNC(=O)c1cc(S(C)(=O)=O)c(N2CC=C(c3ccccc3)CC2)cc1N(C)CCN(C)C. The number of sulfone groups is 1. The van der Waals surface area contributed by atoms with Crippen molar-refractivity contribution in [1.82, 2.24) is 10.2 Å². The van der Waals surface area contributed by atoms with Crippen molar-refractivity contribution in [2.24, 2.45) is 0 Å². The van der Waals surface area contributed by atoms with Gasteiger partial charge in [-0.2, -0.15) is 0 Å². The smallest absolute Gasteiger partial charge is 0.253 e. The maximum atomic E-state index is 13.2. The predicted octanol–water partition coefficient (Wildman–Crippen LogP) is 3.15. The topological polar surface area (TPSA) is 82.2 Å². The summed E-state index contributed by atoms with van der Waals surface area (Å²) in [4.78, 5) is 19.6. The van der Waals surface area contributed by atoms with Crippen LogP contribution in [0.2, 0.25) is 0 Å². The van der Waals surface area contributed by atoms with Gasteiger partial charge in [-0.1, -0.05) is 36.4 Å². The number of hydrogen-bond acceptors (Lipinski definition) is 7. The number of hydrogen-bond donors (Lipinski definition) is 1. The number of benzene rings is 2. The average molecular weight is 529 g/mol. The highest BCUT2D eigenvalue weighted by atomic mass is 32.2. The van der Waals surface area contributed by atoms with E-state index in [2.05, 4.69) is 33.3 Å². The van der Waals surface area contributed by atoms with Crippen LogP contribution in [-0.4, -0.2) is 93.1 Å². The summed E-state index contributed by atoms with van der Waals surface area (Å²) in [6.45, 7) is 3.75. The van der Waals surface area contributed by atoms with Crippen LogP contribution >= 0.6 is 0 Å². The normalized spacial score (nSPS) is 14.0. The molecule has 0 radical (unpaired) electrons. The minimum atomic E-state index is -3.59. The van der Waals surface area contributed by atoms with Gasteiger partial charge in [0.15, 0.2) is 9.84 Å². The van der Waals surface area contributed by atoms with Crippen LogP contribution in [-0.2, 0) is 14.6 Å². The van der Waals surface area contributed by atoms with Crippen LogP contribution in [0.5, 0.6) is 0 Å². The third-order valence-electron chi connectivity index (χ3n) is 6.52. The van der Waals surface area contributed by atoms with Crippen LogP contribution in [0.15, 0.2) is 53.4 Å². The number of amides is 1. The molecular formula is C28H40N4O4S. The molecule has 8 nitrogen and oxygen atoms in total. The van der Waals surface area contributed by atoms with Gasteiger partial charge in [0.25, 0.3) is 5.91 Å². The fourth-order valence-corrected chi connectivity index (χ4v) is 5.29. The zero-order valence-electron chi connectivity index (χ0n) is 22.7. The second-order valence-corrected chi connectivity index (χ2v) is 11.7. The van der Waals surface area contributed by atoms with E-state index in [1.165, 1.54) is 17.4 Å². The summed E-state index contributed by atoms with van der Waals surface area (Å²) in [5.41, 5.74) is 4.16. The monoisotopic (exact) mass is 528 g/mol. The Morgan fingerprint density at radius 3 is 2.43 bits per heavy atom. The molecule has 202 valence electrons. The van der Waals surface area contributed by atoms with Gasteiger partial charge in [-0.25, -0.2) is 8.42 Å². The number of methoxy groups -OCH3 is 1. The van der Waals surface area contributed by atoms with E-state index >= 15 is 0 Å². The van der Waals surface area contributed by atoms with E-state index in [0.717, 1.165) is 13.0 Å². The average Bonchev–Trinajstić information content (AvgIpc) is 2.89. The molecule has 0 bridgehead atoms. The van der Waals surface area contributed by atoms with Crippen molar-refractivity contribution < 1.29 is 17.9 Å². The zero-order chi connectivity index (χ0) is 27.0. The number of rotatable bonds is 12. The number of nitrogens with one attached hydrogen (secondary N) is 1. The highest BCUT2D eigenvalue weighted by Gasteiger charge is 2.26. The summed E-state index contributed by atoms with van der Waals surface area (Å²) in [6, 6.07) is 13.7. The first-order valence-corrected chi connectivity index (χ1v) is 14.5. The minimum Gasteiger partial charge on any atom is -0.385 e. The van der Waals surface area contributed by atoms with Crippen molar-refractivity contribution >= 4 is 32.7 Å². The molecule has 0 saturated heterocycles. The molecule has 1 amide bonds. The Morgan fingerprint density at radius 1 is 1.11 bits per heavy atom. The van der Waals surface area contributed by atoms with E-state index in [9.17, 15) is 13.2 Å². The molecule has 37 heavy (non-hydrogen) atoms. The molecule has 0 fully saturated rings. The fraction of sp³-hybridized carbons (Fsp3) is 0.464. The Morgan fingerprint density at radius 2 is 1.84 bits per heavy atom. The zero-order valence-corrected chi connectivity index (χ0v) is 23.5. The number of anilines is 2. The quantitative estimate of drug-likeness (QED) is 0.424. The summed E-state index contributed by atoms with van der Waals surface area (Å²) < 4.78 is 31.0. The molecule has 1 aliphatic heterocycles. The van der Waals surface area contributed by atoms with Crippen molar-refractivity contribution in [2.75, 3.05) is 83.6 Å². The lowest BCUT2D eigenvalue weighted by atomic mass is 9.99. The maximum Gasteiger partial charge on any atom is 0.253 e. The Kier molecular flexibility index (Phi) is 10.1. The van der Waals surface area contributed by atoms with Crippen LogP contribution in [0.1, 0.15) is 28.8 Å². The van der Waals surface area contributed by atoms with Gasteiger partial charge in [0, 0.05) is 59.7 Å². The molecule has 0 unspecified atom stereocenters. The molecule has 0 spiro atoms. The largest absolute Gasteiger partial charge is 0.385 e. The van der Waals surface area contributed by atoms with E-state index in [-0.39, 0.29) is 10.8 Å². The maximum absolute atomic E-state index is 13.2. The standard InChI is InChI=1S/C28H40N4O4S/c1-30(2)17-18-31(3)25-21-26(32-15-12-23(13-16-32)22-10-7-6-8-11-22)27(37(5,34)35)20-24(25)28(33)29-14-9-19-36-4/h6-8,10-12,20-21H,9,13-19H2,1-5H3,(H,29,33). The van der Waals surface area contributed by atoms with Crippen LogP contribution in [0, 0.1) is 0 Å². The highest BCUT2D eigenvalue weighted by Crippen LogP contribution is 2.36. The van der Waals surface area contributed by atoms with E-state index < -0.39 is 9.84 Å². The first kappa shape index (κ1) is 28.7. The van der Waals surface area contributed by atoms with Crippen molar-refractivity contribution in [2.45, 2.75) is 17.7 Å². The van der Waals surface area contributed by atoms with E-state index in [4.69, 9.17) is 4.74 Å². The van der Waals surface area contributed by atoms with Crippen molar-refractivity contribution in [1.29, 1.82) is 0 Å². The molecule has 2 aromatic rings. The third-order valence-corrected chi connectivity index (χ3v) is 7.65. The molecule has 3 rings (SSSR count). The summed E-state index contributed by atoms with van der Waals surface area (Å²) in [5.74, 6) is -0.288. The lowest BCUT2D eigenvalue weighted by Gasteiger charge is -2.32. The molecule has 0 atom stereocenters. The fourth-order valence-electron chi connectivity index (χ4n) is 4.39. The molecule has 0 aromatic heterocycles. The Labute approximate surface area is 221 Å². The van der Waals surface area contributed by atoms with Gasteiger partial charge in [-0.05, 0) is 50.2 Å². The van der Waals surface area contributed by atoms with E-state index in [0.29, 0.717) is 56.1 Å². The van der Waals surface area contributed by atoms with Gasteiger partial charge in [-0.3, -0.25) is 4.79 Å². The number of likely N-dealkylation sites (N-methyl/N-ethyl adjacent to an activating group) is 2. The van der Waals surface area contributed by atoms with Gasteiger partial charge in [-0.15, -0.1) is 0 Å². The summed E-state index contributed by atoms with van der Waals surface area (Å²) >= 11 is 0. The van der Waals surface area contributed by atoms with Gasteiger partial charge < -0.3 is 24.8 Å². The molecule has 0 aliphatic carbocycles. The van der Waals surface area contributed by atoms with Crippen LogP contribution in [0.25, 0.3) is 5.57 Å². The summed E-state index contributed by atoms with van der Waals surface area (Å²) in [5, 5.41) is 2.92. The second kappa shape index (κ2) is 13.1. The summed E-state index contributed by atoms with van der Waals surface area (Å²) in [7, 11) is 3.97. The third kappa shape index (κ3) is 7.80. The predicted molar refractivity (Wildman–Crippen MR) is 151 cm³/mol. The Balaban J connectivity index is 2.01. The van der Waals surface area contributed by atoms with Gasteiger partial charge in [0.1, 0.15) is 0 Å². The number of carbonyl (C=O) groups excluding carboxylic acids is 1. The minimum absolute atomic E-state index is 0.177. The van der Waals surface area contributed by atoms with Crippen molar-refractivity contribution in [3.8, 4) is 0 Å². The van der Waals surface area contributed by atoms with Crippen molar-refractivity contribution in [3.63, 3.8) is 0 Å². The molecule has 0 saturated carbocycles. The second-order valence-electron chi connectivity index (χ2n) is 9.73. The number of carbonyl (C=O) groups is 1. The molecule has 1 N–H and O–H groups in total. The van der Waals surface area contributed by atoms with Gasteiger partial charge >= 0.3 is 0 Å². The molecule has 1 aliphatic rings. The molecule has 1 heterocycles. The van der Waals surface area contributed by atoms with E-state index in [1.807, 2.05) is 50.3 Å². The molecule has 2 aromatic carbocycles. The molecular weight excluding hydrogens is 488 g/mol. The molecule has 9 heteroatoms. The first-order chi connectivity index (χ1) is 17.6. The summed E-state index contributed by atoms with van der Waals surface area (Å²) in [6.07, 6.45) is 4.85. The lowest BCUT2D eigenvalue weighted by molar-refractivity contribution is 0.0949. The lowest BCUT2D eigenvalue weighted by Crippen LogP contribution is -2.34. The van der Waals surface area contributed by atoms with Crippen molar-refractivity contribution in [3.05, 3.63) is 59.7 Å². The van der Waals surface area contributed by atoms with Gasteiger partial charge in [0.2, 0.25) is 0 Å².